The maximum absolute atomic E-state index is 11.7. The van der Waals surface area contributed by atoms with Crippen LogP contribution in [0, 0.1) is 19.8 Å². The summed E-state index contributed by atoms with van der Waals surface area (Å²) < 4.78 is 1.61. The van der Waals surface area contributed by atoms with Crippen LogP contribution in [-0.2, 0) is 16.1 Å². The average molecular weight is 312 g/mol. The number of thioether (sulfide) groups is 1. The van der Waals surface area contributed by atoms with Crippen LogP contribution in [0.3, 0.4) is 0 Å². The normalized spacial score (nSPS) is 10.7. The molecule has 0 saturated carbocycles. The van der Waals surface area contributed by atoms with Crippen LogP contribution in [0.5, 0.6) is 0 Å². The zero-order valence-electron chi connectivity index (χ0n) is 13.1. The molecule has 0 aromatic carbocycles. The minimum absolute atomic E-state index is 0.0993. The molecule has 0 atom stereocenters. The molecule has 0 spiro atoms. The fraction of sp³-hybridized carbons (Fsp3) is 0.643. The van der Waals surface area contributed by atoms with Crippen molar-refractivity contribution < 1.29 is 9.59 Å². The number of carbonyl (C=O) groups excluding carboxylic acids is 2. The Morgan fingerprint density at radius 3 is 2.52 bits per heavy atom. The first-order valence-electron chi connectivity index (χ1n) is 7.05. The van der Waals surface area contributed by atoms with Crippen LogP contribution >= 0.6 is 11.8 Å². The number of aryl methyl sites for hydroxylation is 2. The SMILES string of the molecule is Cc1cc(C)n(CC(=O)NNC(=O)CCSCC(C)C)n1. The summed E-state index contributed by atoms with van der Waals surface area (Å²) >= 11 is 1.74. The second kappa shape index (κ2) is 8.71. The topological polar surface area (TPSA) is 76.0 Å². The molecule has 1 aromatic rings. The Bertz CT molecular complexity index is 485. The van der Waals surface area contributed by atoms with Gasteiger partial charge in [0.2, 0.25) is 5.91 Å². The van der Waals surface area contributed by atoms with E-state index < -0.39 is 0 Å². The van der Waals surface area contributed by atoms with Crippen molar-refractivity contribution in [3.63, 3.8) is 0 Å². The van der Waals surface area contributed by atoms with Gasteiger partial charge in [0.15, 0.2) is 0 Å². The second-order valence-corrected chi connectivity index (χ2v) is 6.55. The van der Waals surface area contributed by atoms with E-state index in [0.717, 1.165) is 22.9 Å². The van der Waals surface area contributed by atoms with Gasteiger partial charge >= 0.3 is 0 Å². The van der Waals surface area contributed by atoms with Crippen molar-refractivity contribution in [3.8, 4) is 0 Å². The third-order valence-electron chi connectivity index (χ3n) is 2.66. The summed E-state index contributed by atoms with van der Waals surface area (Å²) in [6, 6.07) is 1.90. The van der Waals surface area contributed by atoms with Gasteiger partial charge in [-0.2, -0.15) is 16.9 Å². The first-order chi connectivity index (χ1) is 9.88. The second-order valence-electron chi connectivity index (χ2n) is 5.40. The Labute approximate surface area is 130 Å². The van der Waals surface area contributed by atoms with Gasteiger partial charge in [-0.25, -0.2) is 0 Å². The third kappa shape index (κ3) is 7.17. The Hall–Kier alpha value is -1.50. The highest BCUT2D eigenvalue weighted by Gasteiger charge is 2.08. The van der Waals surface area contributed by atoms with E-state index in [2.05, 4.69) is 29.8 Å². The minimum atomic E-state index is -0.288. The van der Waals surface area contributed by atoms with Gasteiger partial charge in [-0.15, -0.1) is 0 Å². The van der Waals surface area contributed by atoms with Crippen molar-refractivity contribution in [3.05, 3.63) is 17.5 Å². The van der Waals surface area contributed by atoms with Crippen LogP contribution in [0.1, 0.15) is 31.7 Å². The van der Waals surface area contributed by atoms with Gasteiger partial charge < -0.3 is 0 Å². The van der Waals surface area contributed by atoms with E-state index in [1.54, 1.807) is 16.4 Å². The van der Waals surface area contributed by atoms with Crippen LogP contribution in [-0.4, -0.2) is 33.1 Å². The van der Waals surface area contributed by atoms with E-state index in [-0.39, 0.29) is 18.4 Å². The molecule has 0 aliphatic rings. The van der Waals surface area contributed by atoms with Crippen molar-refractivity contribution in [1.29, 1.82) is 0 Å². The third-order valence-corrected chi connectivity index (χ3v) is 4.06. The fourth-order valence-electron chi connectivity index (χ4n) is 1.70. The molecule has 6 nitrogen and oxygen atoms in total. The number of amides is 2. The summed E-state index contributed by atoms with van der Waals surface area (Å²) in [5.74, 6) is 1.96. The average Bonchev–Trinajstić information content (AvgIpc) is 2.70. The number of aromatic nitrogens is 2. The summed E-state index contributed by atoms with van der Waals surface area (Å²) in [6.45, 7) is 8.15. The maximum atomic E-state index is 11.7. The summed E-state index contributed by atoms with van der Waals surface area (Å²) in [4.78, 5) is 23.3. The van der Waals surface area contributed by atoms with E-state index >= 15 is 0 Å². The van der Waals surface area contributed by atoms with Crippen molar-refractivity contribution in [1.82, 2.24) is 20.6 Å². The predicted molar refractivity (Wildman–Crippen MR) is 84.8 cm³/mol. The summed E-state index contributed by atoms with van der Waals surface area (Å²) in [6.07, 6.45) is 0.400. The monoisotopic (exact) mass is 312 g/mol. The minimum Gasteiger partial charge on any atom is -0.273 e. The number of hydrogen-bond acceptors (Lipinski definition) is 4. The molecule has 21 heavy (non-hydrogen) atoms. The zero-order valence-corrected chi connectivity index (χ0v) is 13.9. The van der Waals surface area contributed by atoms with Gasteiger partial charge in [0.1, 0.15) is 6.54 Å². The van der Waals surface area contributed by atoms with Gasteiger partial charge in [-0.05, 0) is 31.6 Å². The molecule has 0 aliphatic carbocycles. The molecule has 0 aliphatic heterocycles. The predicted octanol–water partition coefficient (Wildman–Crippen LogP) is 1.43. The highest BCUT2D eigenvalue weighted by molar-refractivity contribution is 7.99. The molecule has 1 rings (SSSR count). The summed E-state index contributed by atoms with van der Waals surface area (Å²) in [5, 5.41) is 4.19. The summed E-state index contributed by atoms with van der Waals surface area (Å²) in [7, 11) is 0. The van der Waals surface area contributed by atoms with E-state index in [4.69, 9.17) is 0 Å². The van der Waals surface area contributed by atoms with Crippen LogP contribution in [0.2, 0.25) is 0 Å². The highest BCUT2D eigenvalue weighted by atomic mass is 32.2. The van der Waals surface area contributed by atoms with Crippen molar-refractivity contribution in [2.75, 3.05) is 11.5 Å². The molecule has 0 unspecified atom stereocenters. The van der Waals surface area contributed by atoms with Gasteiger partial charge in [0.25, 0.3) is 5.91 Å². The Kier molecular flexibility index (Phi) is 7.28. The van der Waals surface area contributed by atoms with Crippen molar-refractivity contribution >= 4 is 23.6 Å². The smallest absolute Gasteiger partial charge is 0.260 e. The van der Waals surface area contributed by atoms with Gasteiger partial charge in [0.05, 0.1) is 5.69 Å². The molecule has 0 bridgehead atoms. The molecule has 0 radical (unpaired) electrons. The zero-order chi connectivity index (χ0) is 15.8. The van der Waals surface area contributed by atoms with Crippen molar-refractivity contribution in [2.45, 2.75) is 40.7 Å². The summed E-state index contributed by atoms with van der Waals surface area (Å²) in [5.41, 5.74) is 6.62. The first-order valence-corrected chi connectivity index (χ1v) is 8.20. The van der Waals surface area contributed by atoms with Crippen molar-refractivity contribution in [2.24, 2.45) is 5.92 Å². The molecule has 0 saturated heterocycles. The van der Waals surface area contributed by atoms with Crippen LogP contribution in [0.4, 0.5) is 0 Å². The molecule has 7 heteroatoms. The lowest BCUT2D eigenvalue weighted by atomic mass is 10.3. The standard InChI is InChI=1S/C14H24N4O2S/c1-10(2)9-21-6-5-13(19)15-16-14(20)8-18-12(4)7-11(3)17-18/h7,10H,5-6,8-9H2,1-4H3,(H,15,19)(H,16,20). The molecule has 1 heterocycles. The van der Waals surface area contributed by atoms with E-state index in [1.165, 1.54) is 0 Å². The fourth-order valence-corrected chi connectivity index (χ4v) is 2.66. The lowest BCUT2D eigenvalue weighted by Crippen LogP contribution is -2.43. The highest BCUT2D eigenvalue weighted by Crippen LogP contribution is 2.08. The number of carbonyl (C=O) groups is 2. The number of hydrazine groups is 1. The Morgan fingerprint density at radius 2 is 1.95 bits per heavy atom. The first kappa shape index (κ1) is 17.6. The molecule has 2 amide bonds. The van der Waals surface area contributed by atoms with Crippen LogP contribution in [0.15, 0.2) is 6.07 Å². The van der Waals surface area contributed by atoms with E-state index in [9.17, 15) is 9.59 Å². The number of hydrogen-bond donors (Lipinski definition) is 2. The molecule has 118 valence electrons. The number of nitrogens with one attached hydrogen (secondary N) is 2. The maximum Gasteiger partial charge on any atom is 0.260 e. The molecule has 1 aromatic heterocycles. The molecule has 2 N–H and O–H groups in total. The van der Waals surface area contributed by atoms with E-state index in [0.29, 0.717) is 12.3 Å². The van der Waals surface area contributed by atoms with Gasteiger partial charge in [0, 0.05) is 17.9 Å². The molecular formula is C14H24N4O2S. The van der Waals surface area contributed by atoms with Crippen LogP contribution in [0.25, 0.3) is 0 Å². The van der Waals surface area contributed by atoms with Gasteiger partial charge in [-0.1, -0.05) is 13.8 Å². The molecular weight excluding hydrogens is 288 g/mol. The van der Waals surface area contributed by atoms with Crippen LogP contribution < -0.4 is 10.9 Å². The molecule has 0 fully saturated rings. The number of rotatable bonds is 7. The lowest BCUT2D eigenvalue weighted by molar-refractivity contribution is -0.129. The largest absolute Gasteiger partial charge is 0.273 e. The Morgan fingerprint density at radius 1 is 1.29 bits per heavy atom. The van der Waals surface area contributed by atoms with E-state index in [1.807, 2.05) is 19.9 Å². The number of nitrogens with zero attached hydrogens (tertiary/aromatic N) is 2. The lowest BCUT2D eigenvalue weighted by Gasteiger charge is -2.08. The Balaban J connectivity index is 2.20. The van der Waals surface area contributed by atoms with Gasteiger partial charge in [-0.3, -0.25) is 25.1 Å². The quantitative estimate of drug-likeness (QED) is 0.590.